The molecule has 2 N–H and O–H groups in total. The van der Waals surface area contributed by atoms with Crippen LogP contribution in [0.3, 0.4) is 0 Å². The average molecular weight is 292 g/mol. The fraction of sp³-hybridized carbons (Fsp3) is 0.429. The van der Waals surface area contributed by atoms with Crippen LogP contribution in [0.4, 0.5) is 10.5 Å². The highest BCUT2D eigenvalue weighted by Crippen LogP contribution is 2.32. The number of benzene rings is 1. The van der Waals surface area contributed by atoms with Crippen LogP contribution in [-0.2, 0) is 4.79 Å². The molecule has 1 unspecified atom stereocenters. The number of hydrogen-bond acceptors (Lipinski definition) is 4. The van der Waals surface area contributed by atoms with Crippen LogP contribution in [0.2, 0.25) is 0 Å². The lowest BCUT2D eigenvalue weighted by Crippen LogP contribution is -2.42. The van der Waals surface area contributed by atoms with Gasteiger partial charge in [-0.15, -0.1) is 0 Å². The van der Waals surface area contributed by atoms with E-state index in [2.05, 4.69) is 5.32 Å². The molecule has 21 heavy (non-hydrogen) atoms. The smallest absolute Gasteiger partial charge is 0.407 e. The number of amides is 2. The van der Waals surface area contributed by atoms with E-state index >= 15 is 0 Å². The van der Waals surface area contributed by atoms with Crippen molar-refractivity contribution in [1.82, 2.24) is 4.90 Å². The Bertz CT molecular complexity index is 574. The molecule has 2 amide bonds. The molecule has 1 aromatic carbocycles. The number of anilines is 1. The lowest BCUT2D eigenvalue weighted by atomic mass is 10.2. The molecule has 0 aromatic heterocycles. The third kappa shape index (κ3) is 2.72. The molecule has 1 saturated heterocycles. The van der Waals surface area contributed by atoms with Crippen LogP contribution in [0.1, 0.15) is 12.8 Å². The Hall–Kier alpha value is -2.44. The van der Waals surface area contributed by atoms with Crippen molar-refractivity contribution in [2.75, 3.05) is 25.1 Å². The zero-order chi connectivity index (χ0) is 14.8. The third-order valence-corrected chi connectivity index (χ3v) is 3.61. The average Bonchev–Trinajstić information content (AvgIpc) is 2.97. The standard InChI is InChI=1S/C14H16N2O5/c17-13(10-2-1-5-16(10)14(18)19)15-9-3-4-11-12(8-9)21-7-6-20-11/h3-4,8,10H,1-2,5-7H2,(H,15,17)(H,18,19). The predicted octanol–water partition coefficient (Wildman–Crippen LogP) is 1.54. The van der Waals surface area contributed by atoms with Crippen molar-refractivity contribution in [3.8, 4) is 11.5 Å². The fourth-order valence-electron chi connectivity index (χ4n) is 2.61. The number of hydrogen-bond donors (Lipinski definition) is 2. The number of likely N-dealkylation sites (tertiary alicyclic amines) is 1. The SMILES string of the molecule is O=C(Nc1ccc2c(c1)OCCO2)C1CCCN1C(=O)O. The van der Waals surface area contributed by atoms with Gasteiger partial charge in [0.15, 0.2) is 11.5 Å². The summed E-state index contributed by atoms with van der Waals surface area (Å²) < 4.78 is 10.9. The van der Waals surface area contributed by atoms with Gasteiger partial charge in [0.1, 0.15) is 19.3 Å². The largest absolute Gasteiger partial charge is 0.486 e. The number of ether oxygens (including phenoxy) is 2. The molecule has 1 aromatic rings. The molecule has 2 aliphatic rings. The Morgan fingerprint density at radius 2 is 2.00 bits per heavy atom. The molecule has 1 atom stereocenters. The normalized spacial score (nSPS) is 20.2. The number of nitrogens with one attached hydrogen (secondary N) is 1. The maximum atomic E-state index is 12.2. The van der Waals surface area contributed by atoms with Crippen molar-refractivity contribution in [1.29, 1.82) is 0 Å². The van der Waals surface area contributed by atoms with Crippen molar-refractivity contribution in [3.63, 3.8) is 0 Å². The molecule has 0 saturated carbocycles. The van der Waals surface area contributed by atoms with E-state index in [9.17, 15) is 9.59 Å². The number of nitrogens with zero attached hydrogens (tertiary/aromatic N) is 1. The van der Waals surface area contributed by atoms with Gasteiger partial charge in [-0.25, -0.2) is 4.79 Å². The molecule has 0 aliphatic carbocycles. The topological polar surface area (TPSA) is 88.1 Å². The van der Waals surface area contributed by atoms with Crippen LogP contribution in [0.5, 0.6) is 11.5 Å². The summed E-state index contributed by atoms with van der Waals surface area (Å²) in [6, 6.07) is 4.50. The van der Waals surface area contributed by atoms with Crippen LogP contribution in [0.15, 0.2) is 18.2 Å². The second-order valence-electron chi connectivity index (χ2n) is 4.98. The minimum absolute atomic E-state index is 0.313. The number of carboxylic acid groups (broad SMARTS) is 1. The quantitative estimate of drug-likeness (QED) is 0.863. The van der Waals surface area contributed by atoms with Crippen molar-refractivity contribution in [2.24, 2.45) is 0 Å². The van der Waals surface area contributed by atoms with E-state index in [1.165, 1.54) is 4.90 Å². The van der Waals surface area contributed by atoms with Crippen LogP contribution in [-0.4, -0.2) is 47.8 Å². The second kappa shape index (κ2) is 5.51. The first-order valence-electron chi connectivity index (χ1n) is 6.85. The Kier molecular flexibility index (Phi) is 3.55. The molecule has 0 radical (unpaired) electrons. The van der Waals surface area contributed by atoms with Crippen molar-refractivity contribution in [2.45, 2.75) is 18.9 Å². The van der Waals surface area contributed by atoms with Crippen LogP contribution >= 0.6 is 0 Å². The lowest BCUT2D eigenvalue weighted by molar-refractivity contribution is -0.119. The maximum Gasteiger partial charge on any atom is 0.407 e. The lowest BCUT2D eigenvalue weighted by Gasteiger charge is -2.22. The van der Waals surface area contributed by atoms with Gasteiger partial charge >= 0.3 is 6.09 Å². The molecular weight excluding hydrogens is 276 g/mol. The Morgan fingerprint density at radius 3 is 2.76 bits per heavy atom. The molecule has 0 bridgehead atoms. The highest BCUT2D eigenvalue weighted by Gasteiger charge is 2.34. The molecular formula is C14H16N2O5. The van der Waals surface area contributed by atoms with Gasteiger partial charge in [0, 0.05) is 18.3 Å². The van der Waals surface area contributed by atoms with Crippen LogP contribution in [0.25, 0.3) is 0 Å². The van der Waals surface area contributed by atoms with Crippen molar-refractivity contribution >= 4 is 17.7 Å². The van der Waals surface area contributed by atoms with E-state index < -0.39 is 12.1 Å². The molecule has 0 spiro atoms. The zero-order valence-electron chi connectivity index (χ0n) is 11.4. The summed E-state index contributed by atoms with van der Waals surface area (Å²) in [5, 5.41) is 11.8. The van der Waals surface area contributed by atoms with Gasteiger partial charge < -0.3 is 19.9 Å². The predicted molar refractivity (Wildman–Crippen MR) is 73.8 cm³/mol. The van der Waals surface area contributed by atoms with Crippen LogP contribution in [0, 0.1) is 0 Å². The summed E-state index contributed by atoms with van der Waals surface area (Å²) >= 11 is 0. The van der Waals surface area contributed by atoms with Crippen molar-refractivity contribution < 1.29 is 24.2 Å². The van der Waals surface area contributed by atoms with E-state index in [0.29, 0.717) is 49.8 Å². The van der Waals surface area contributed by atoms with Gasteiger partial charge in [-0.3, -0.25) is 9.69 Å². The van der Waals surface area contributed by atoms with Gasteiger partial charge in [0.25, 0.3) is 0 Å². The number of rotatable bonds is 2. The first kappa shape index (κ1) is 13.5. The summed E-state index contributed by atoms with van der Waals surface area (Å²) in [7, 11) is 0. The van der Waals surface area contributed by atoms with Gasteiger partial charge in [-0.1, -0.05) is 0 Å². The Labute approximate surface area is 121 Å². The monoisotopic (exact) mass is 292 g/mol. The van der Waals surface area contributed by atoms with Gasteiger partial charge in [0.05, 0.1) is 0 Å². The summed E-state index contributed by atoms with van der Waals surface area (Å²) in [5.74, 6) is 0.916. The highest BCUT2D eigenvalue weighted by atomic mass is 16.6. The van der Waals surface area contributed by atoms with E-state index in [1.807, 2.05) is 0 Å². The van der Waals surface area contributed by atoms with Gasteiger partial charge in [-0.2, -0.15) is 0 Å². The third-order valence-electron chi connectivity index (χ3n) is 3.61. The zero-order valence-corrected chi connectivity index (χ0v) is 11.4. The van der Waals surface area contributed by atoms with E-state index in [4.69, 9.17) is 14.6 Å². The number of carbonyl (C=O) groups is 2. The molecule has 2 aliphatic heterocycles. The molecule has 112 valence electrons. The molecule has 7 nitrogen and oxygen atoms in total. The fourth-order valence-corrected chi connectivity index (χ4v) is 2.61. The minimum Gasteiger partial charge on any atom is -0.486 e. The van der Waals surface area contributed by atoms with Gasteiger partial charge in [-0.05, 0) is 25.0 Å². The molecule has 7 heteroatoms. The summed E-state index contributed by atoms with van der Waals surface area (Å²) in [6.45, 7) is 1.38. The van der Waals surface area contributed by atoms with Crippen molar-refractivity contribution in [3.05, 3.63) is 18.2 Å². The number of fused-ring (bicyclic) bond motifs is 1. The molecule has 3 rings (SSSR count). The maximum absolute atomic E-state index is 12.2. The second-order valence-corrected chi connectivity index (χ2v) is 4.98. The molecule has 2 heterocycles. The van der Waals surface area contributed by atoms with Crippen LogP contribution < -0.4 is 14.8 Å². The minimum atomic E-state index is -1.06. The van der Waals surface area contributed by atoms with E-state index in [-0.39, 0.29) is 5.91 Å². The first-order chi connectivity index (χ1) is 10.1. The van der Waals surface area contributed by atoms with E-state index in [0.717, 1.165) is 0 Å². The Morgan fingerprint density at radius 1 is 1.24 bits per heavy atom. The number of carbonyl (C=O) groups excluding carboxylic acids is 1. The first-order valence-corrected chi connectivity index (χ1v) is 6.85. The molecule has 1 fully saturated rings. The summed E-state index contributed by atoms with van der Waals surface area (Å²) in [6.07, 6.45) is 0.184. The van der Waals surface area contributed by atoms with Gasteiger partial charge in [0.2, 0.25) is 5.91 Å². The summed E-state index contributed by atoms with van der Waals surface area (Å²) in [4.78, 5) is 24.5. The highest BCUT2D eigenvalue weighted by molar-refractivity contribution is 5.97. The summed E-state index contributed by atoms with van der Waals surface area (Å²) in [5.41, 5.74) is 0.571. The Balaban J connectivity index is 1.71. The van der Waals surface area contributed by atoms with E-state index in [1.54, 1.807) is 18.2 Å².